The third-order valence-corrected chi connectivity index (χ3v) is 3.22. The second kappa shape index (κ2) is 10.00. The Labute approximate surface area is 148 Å². The summed E-state index contributed by atoms with van der Waals surface area (Å²) >= 11 is 0. The molecular formula is C18H17F2N3O3. The minimum absolute atomic E-state index is 0.0164. The van der Waals surface area contributed by atoms with Gasteiger partial charge < -0.3 is 14.9 Å². The number of aliphatic hydroxyl groups is 1. The molecule has 6 nitrogen and oxygen atoms in total. The zero-order valence-electron chi connectivity index (χ0n) is 13.7. The number of aromatic nitrogens is 2. The molecule has 0 spiro atoms. The highest BCUT2D eigenvalue weighted by Crippen LogP contribution is 2.21. The molecule has 26 heavy (non-hydrogen) atoms. The molecule has 3 aromatic rings. The van der Waals surface area contributed by atoms with E-state index in [0.717, 1.165) is 0 Å². The molecule has 8 heteroatoms. The van der Waals surface area contributed by atoms with E-state index in [0.29, 0.717) is 23.5 Å². The molecule has 0 saturated heterocycles. The number of carbonyl (C=O) groups is 1. The smallest absolute Gasteiger partial charge is 0.263 e. The summed E-state index contributed by atoms with van der Waals surface area (Å²) < 4.78 is 28.9. The van der Waals surface area contributed by atoms with Crippen molar-refractivity contribution in [3.63, 3.8) is 0 Å². The first-order valence-electron chi connectivity index (χ1n) is 7.70. The molecule has 0 aliphatic rings. The van der Waals surface area contributed by atoms with Crippen LogP contribution in [0.25, 0.3) is 11.4 Å². The molecule has 0 saturated carbocycles. The summed E-state index contributed by atoms with van der Waals surface area (Å²) in [5, 5.41) is 14.6. The van der Waals surface area contributed by atoms with Crippen LogP contribution in [0.15, 0.2) is 65.5 Å². The number of hydrogen-bond acceptors (Lipinski definition) is 5. The fraction of sp³-hybridized carbons (Fsp3) is 0.167. The number of alkyl halides is 2. The maximum absolute atomic E-state index is 12.2. The number of amides is 1. The van der Waals surface area contributed by atoms with E-state index in [1.54, 1.807) is 24.3 Å². The number of rotatable bonds is 5. The van der Waals surface area contributed by atoms with Crippen molar-refractivity contribution >= 4 is 5.91 Å². The first-order valence-corrected chi connectivity index (χ1v) is 7.70. The third-order valence-electron chi connectivity index (χ3n) is 3.22. The highest BCUT2D eigenvalue weighted by Gasteiger charge is 2.08. The van der Waals surface area contributed by atoms with Crippen molar-refractivity contribution in [2.45, 2.75) is 6.43 Å². The Hall–Kier alpha value is -3.13. The van der Waals surface area contributed by atoms with Crippen molar-refractivity contribution in [2.24, 2.45) is 0 Å². The van der Waals surface area contributed by atoms with Gasteiger partial charge in [0, 0.05) is 23.2 Å². The molecule has 1 heterocycles. The van der Waals surface area contributed by atoms with E-state index in [1.807, 2.05) is 6.07 Å². The number of nitrogens with one attached hydrogen (secondary N) is 1. The van der Waals surface area contributed by atoms with Crippen LogP contribution in [-0.4, -0.2) is 34.3 Å². The number of carbonyl (C=O) groups excluding carboxylic acids is 1. The van der Waals surface area contributed by atoms with E-state index in [9.17, 15) is 13.6 Å². The summed E-state index contributed by atoms with van der Waals surface area (Å²) in [5.74, 6) is 0.246. The van der Waals surface area contributed by atoms with Gasteiger partial charge in [0.1, 0.15) is 0 Å². The van der Waals surface area contributed by atoms with Gasteiger partial charge >= 0.3 is 0 Å². The monoisotopic (exact) mass is 361 g/mol. The average Bonchev–Trinajstić information content (AvgIpc) is 3.22. The summed E-state index contributed by atoms with van der Waals surface area (Å²) in [6, 6.07) is 14.7. The minimum atomic E-state index is -2.45. The van der Waals surface area contributed by atoms with Crippen molar-refractivity contribution in [2.75, 3.05) is 13.2 Å². The highest BCUT2D eigenvalue weighted by atomic mass is 19.3. The van der Waals surface area contributed by atoms with E-state index in [-0.39, 0.29) is 18.1 Å². The predicted octanol–water partition coefficient (Wildman–Crippen LogP) is 3.08. The molecule has 0 fully saturated rings. The maximum atomic E-state index is 12.2. The Morgan fingerprint density at radius 2 is 1.81 bits per heavy atom. The van der Waals surface area contributed by atoms with Crippen molar-refractivity contribution in [3.05, 3.63) is 72.1 Å². The molecule has 2 aromatic carbocycles. The maximum Gasteiger partial charge on any atom is 0.263 e. The molecule has 0 aliphatic carbocycles. The number of halogens is 2. The van der Waals surface area contributed by atoms with Gasteiger partial charge in [0.25, 0.3) is 12.3 Å². The van der Waals surface area contributed by atoms with E-state index < -0.39 is 6.43 Å². The fourth-order valence-corrected chi connectivity index (χ4v) is 1.94. The van der Waals surface area contributed by atoms with Crippen molar-refractivity contribution < 1.29 is 23.2 Å². The summed E-state index contributed by atoms with van der Waals surface area (Å²) in [6.45, 7) is 0.270. The van der Waals surface area contributed by atoms with E-state index in [2.05, 4.69) is 20.0 Å². The van der Waals surface area contributed by atoms with Gasteiger partial charge in [0.05, 0.1) is 6.61 Å². The normalized spacial score (nSPS) is 10.2. The Morgan fingerprint density at radius 3 is 2.35 bits per heavy atom. The number of hydrogen-bond donors (Lipinski definition) is 2. The lowest BCUT2D eigenvalue weighted by Crippen LogP contribution is -2.26. The van der Waals surface area contributed by atoms with Crippen LogP contribution in [0.3, 0.4) is 0 Å². The van der Waals surface area contributed by atoms with Crippen molar-refractivity contribution in [3.8, 4) is 11.4 Å². The van der Waals surface area contributed by atoms with Crippen LogP contribution in [0.4, 0.5) is 8.78 Å². The molecule has 2 N–H and O–H groups in total. The zero-order chi connectivity index (χ0) is 18.8. The van der Waals surface area contributed by atoms with Crippen LogP contribution in [0.2, 0.25) is 0 Å². The van der Waals surface area contributed by atoms with Crippen LogP contribution in [0, 0.1) is 0 Å². The molecule has 1 amide bonds. The third kappa shape index (κ3) is 5.75. The van der Waals surface area contributed by atoms with Crippen LogP contribution in [0.1, 0.15) is 22.3 Å². The van der Waals surface area contributed by atoms with Crippen LogP contribution in [-0.2, 0) is 0 Å². The summed E-state index contributed by atoms with van der Waals surface area (Å²) in [4.78, 5) is 15.0. The fourth-order valence-electron chi connectivity index (χ4n) is 1.94. The van der Waals surface area contributed by atoms with Crippen LogP contribution in [0.5, 0.6) is 0 Å². The second-order valence-electron chi connectivity index (χ2n) is 5.02. The molecular weight excluding hydrogens is 344 g/mol. The lowest BCUT2D eigenvalue weighted by Gasteiger charge is -2.01. The summed E-state index contributed by atoms with van der Waals surface area (Å²) in [6.07, 6.45) is -1.26. The Balaban J connectivity index is 0.000000190. The molecule has 0 bridgehead atoms. The van der Waals surface area contributed by atoms with E-state index >= 15 is 0 Å². The molecule has 3 rings (SSSR count). The molecule has 0 aliphatic heterocycles. The number of aliphatic hydroxyl groups excluding tert-OH is 1. The zero-order valence-corrected chi connectivity index (χ0v) is 13.7. The quantitative estimate of drug-likeness (QED) is 0.729. The van der Waals surface area contributed by atoms with Gasteiger partial charge in [-0.15, -0.1) is 0 Å². The Bertz CT molecular complexity index is 779. The minimum Gasteiger partial charge on any atom is -0.395 e. The Morgan fingerprint density at radius 1 is 1.12 bits per heavy atom. The average molecular weight is 361 g/mol. The van der Waals surface area contributed by atoms with Gasteiger partial charge in [0.15, 0.2) is 0 Å². The SMILES string of the molecule is FC(F)c1ccc(-c2ncon2)cc1.O=C(NCCO)c1ccccc1. The van der Waals surface area contributed by atoms with Crippen LogP contribution >= 0.6 is 0 Å². The predicted molar refractivity (Wildman–Crippen MR) is 90.6 cm³/mol. The molecule has 0 radical (unpaired) electrons. The Kier molecular flexibility index (Phi) is 7.38. The molecule has 136 valence electrons. The van der Waals surface area contributed by atoms with E-state index in [1.165, 1.54) is 30.7 Å². The van der Waals surface area contributed by atoms with Gasteiger partial charge in [-0.05, 0) is 12.1 Å². The largest absolute Gasteiger partial charge is 0.395 e. The first-order chi connectivity index (χ1) is 12.6. The summed E-state index contributed by atoms with van der Waals surface area (Å²) in [5.41, 5.74) is 1.26. The lowest BCUT2D eigenvalue weighted by molar-refractivity contribution is 0.0944. The van der Waals surface area contributed by atoms with Crippen LogP contribution < -0.4 is 5.32 Å². The van der Waals surface area contributed by atoms with Gasteiger partial charge in [-0.2, -0.15) is 4.98 Å². The number of benzene rings is 2. The topological polar surface area (TPSA) is 88.2 Å². The molecule has 0 unspecified atom stereocenters. The lowest BCUT2D eigenvalue weighted by atomic mass is 10.1. The first kappa shape index (κ1) is 19.2. The molecule has 1 aromatic heterocycles. The highest BCUT2D eigenvalue weighted by molar-refractivity contribution is 5.94. The second-order valence-corrected chi connectivity index (χ2v) is 5.02. The van der Waals surface area contributed by atoms with E-state index in [4.69, 9.17) is 5.11 Å². The van der Waals surface area contributed by atoms with Gasteiger partial charge in [0.2, 0.25) is 12.2 Å². The van der Waals surface area contributed by atoms with Crippen molar-refractivity contribution in [1.29, 1.82) is 0 Å². The van der Waals surface area contributed by atoms with Gasteiger partial charge in [-0.25, -0.2) is 8.78 Å². The summed E-state index contributed by atoms with van der Waals surface area (Å²) in [7, 11) is 0. The van der Waals surface area contributed by atoms with Crippen molar-refractivity contribution in [1.82, 2.24) is 15.5 Å². The number of nitrogens with zero attached hydrogens (tertiary/aromatic N) is 2. The van der Waals surface area contributed by atoms with Gasteiger partial charge in [-0.1, -0.05) is 47.6 Å². The molecule has 0 atom stereocenters. The van der Waals surface area contributed by atoms with Gasteiger partial charge in [-0.3, -0.25) is 4.79 Å². The standard InChI is InChI=1S/C9H6F2N2O.C9H11NO2/c10-8(11)6-1-3-7(4-2-6)9-12-5-14-13-9;11-7-6-10-9(12)8-4-2-1-3-5-8/h1-5,8H;1-5,11H,6-7H2,(H,10,12).